The van der Waals surface area contributed by atoms with Crippen molar-refractivity contribution in [1.82, 2.24) is 15.5 Å². The third-order valence-corrected chi connectivity index (χ3v) is 5.56. The number of nitrogens with zero attached hydrogens (tertiary/aromatic N) is 3. The molecule has 3 rings (SSSR count). The molecule has 0 saturated carbocycles. The van der Waals surface area contributed by atoms with Gasteiger partial charge in [0.05, 0.1) is 12.1 Å². The summed E-state index contributed by atoms with van der Waals surface area (Å²) < 4.78 is 5.16. The lowest BCUT2D eigenvalue weighted by atomic mass is 10.2. The Morgan fingerprint density at radius 2 is 1.93 bits per heavy atom. The highest BCUT2D eigenvalue weighted by Gasteiger charge is 2.20. The van der Waals surface area contributed by atoms with Crippen LogP contribution < -0.4 is 20.3 Å². The van der Waals surface area contributed by atoms with Gasteiger partial charge >= 0.3 is 0 Å². The Bertz CT molecular complexity index is 786. The number of ether oxygens (including phenoxy) is 1. The van der Waals surface area contributed by atoms with Crippen LogP contribution in [0.25, 0.3) is 0 Å². The van der Waals surface area contributed by atoms with Crippen molar-refractivity contribution < 1.29 is 9.53 Å². The van der Waals surface area contributed by atoms with Gasteiger partial charge in [0, 0.05) is 51.9 Å². The average molecular weight is 402 g/mol. The van der Waals surface area contributed by atoms with E-state index in [0.717, 1.165) is 32.1 Å². The van der Waals surface area contributed by atoms with Gasteiger partial charge in [-0.3, -0.25) is 9.79 Å². The normalized spacial score (nSPS) is 14.7. The maximum Gasteiger partial charge on any atom is 0.251 e. The van der Waals surface area contributed by atoms with Crippen molar-refractivity contribution >= 4 is 28.2 Å². The molecule has 1 saturated heterocycles. The Labute approximate surface area is 170 Å². The molecule has 1 aliphatic rings. The number of nitrogens with one attached hydrogen (secondary N) is 2. The van der Waals surface area contributed by atoms with Gasteiger partial charge in [0.15, 0.2) is 5.96 Å². The first-order chi connectivity index (χ1) is 13.7. The highest BCUT2D eigenvalue weighted by Crippen LogP contribution is 2.22. The molecule has 0 unspecified atom stereocenters. The molecule has 2 N–H and O–H groups in total. The number of methoxy groups -OCH3 is 1. The molecule has 0 bridgehead atoms. The third kappa shape index (κ3) is 5.16. The number of guanidine groups is 1. The minimum Gasteiger partial charge on any atom is -0.497 e. The second kappa shape index (κ2) is 9.98. The van der Waals surface area contributed by atoms with Gasteiger partial charge in [-0.2, -0.15) is 0 Å². The zero-order chi connectivity index (χ0) is 19.8. The molecular weight excluding hydrogens is 374 g/mol. The summed E-state index contributed by atoms with van der Waals surface area (Å²) in [4.78, 5) is 21.3. The fourth-order valence-corrected chi connectivity index (χ4v) is 3.92. The fourth-order valence-electron chi connectivity index (χ4n) is 3.14. The Morgan fingerprint density at radius 1 is 1.14 bits per heavy atom. The summed E-state index contributed by atoms with van der Waals surface area (Å²) in [5.41, 5.74) is 0.591. The number of thiophene rings is 1. The Hall–Kier alpha value is -2.74. The Balaban J connectivity index is 1.40. The first-order valence-electron chi connectivity index (χ1n) is 9.37. The molecule has 0 radical (unpaired) electrons. The molecule has 1 aromatic carbocycles. The van der Waals surface area contributed by atoms with Crippen molar-refractivity contribution in [3.05, 3.63) is 47.3 Å². The quantitative estimate of drug-likeness (QED) is 0.440. The van der Waals surface area contributed by atoms with Crippen molar-refractivity contribution in [2.45, 2.75) is 0 Å². The van der Waals surface area contributed by atoms with E-state index in [2.05, 4.69) is 42.9 Å². The molecule has 0 spiro atoms. The first kappa shape index (κ1) is 20.0. The summed E-state index contributed by atoms with van der Waals surface area (Å²) in [6, 6.07) is 11.4. The first-order valence-corrected chi connectivity index (χ1v) is 10.3. The van der Waals surface area contributed by atoms with Crippen molar-refractivity contribution in [2.75, 3.05) is 58.3 Å². The van der Waals surface area contributed by atoms with Crippen molar-refractivity contribution in [2.24, 2.45) is 4.99 Å². The van der Waals surface area contributed by atoms with Crippen LogP contribution in [0.4, 0.5) is 5.00 Å². The molecule has 2 heterocycles. The average Bonchev–Trinajstić information content (AvgIpc) is 3.29. The number of aliphatic imine (C=N–C) groups is 1. The SMILES string of the molecule is CN=C(NCCNC(=O)c1cccc(OC)c1)N1CCN(c2cccs2)CC1. The maximum atomic E-state index is 12.2. The van der Waals surface area contributed by atoms with Crippen LogP contribution in [-0.4, -0.2) is 70.2 Å². The van der Waals surface area contributed by atoms with Gasteiger partial charge in [-0.1, -0.05) is 6.07 Å². The van der Waals surface area contributed by atoms with Crippen LogP contribution in [0.3, 0.4) is 0 Å². The summed E-state index contributed by atoms with van der Waals surface area (Å²) in [7, 11) is 3.38. The van der Waals surface area contributed by atoms with Crippen molar-refractivity contribution in [3.63, 3.8) is 0 Å². The molecule has 1 fully saturated rings. The zero-order valence-corrected chi connectivity index (χ0v) is 17.2. The van der Waals surface area contributed by atoms with E-state index < -0.39 is 0 Å². The summed E-state index contributed by atoms with van der Waals surface area (Å²) >= 11 is 1.78. The van der Waals surface area contributed by atoms with Gasteiger partial charge in [0.1, 0.15) is 5.75 Å². The number of anilines is 1. The molecule has 2 aromatic rings. The Morgan fingerprint density at radius 3 is 2.61 bits per heavy atom. The number of benzene rings is 1. The number of rotatable bonds is 6. The summed E-state index contributed by atoms with van der Waals surface area (Å²) in [6.45, 7) is 4.95. The lowest BCUT2D eigenvalue weighted by molar-refractivity contribution is 0.0954. The van der Waals surface area contributed by atoms with Gasteiger partial charge in [-0.15, -0.1) is 11.3 Å². The number of hydrogen-bond donors (Lipinski definition) is 2. The number of piperazine rings is 1. The smallest absolute Gasteiger partial charge is 0.251 e. The lowest BCUT2D eigenvalue weighted by Gasteiger charge is -2.37. The topological polar surface area (TPSA) is 69.2 Å². The molecule has 1 amide bonds. The van der Waals surface area contributed by atoms with Gasteiger partial charge in [0.25, 0.3) is 5.91 Å². The van der Waals surface area contributed by atoms with Crippen LogP contribution in [0, 0.1) is 0 Å². The molecule has 1 aliphatic heterocycles. The highest BCUT2D eigenvalue weighted by molar-refractivity contribution is 7.14. The van der Waals surface area contributed by atoms with Crippen LogP contribution in [0.2, 0.25) is 0 Å². The second-order valence-corrected chi connectivity index (χ2v) is 7.31. The number of hydrogen-bond acceptors (Lipinski definition) is 5. The van der Waals surface area contributed by atoms with Gasteiger partial charge in [0.2, 0.25) is 0 Å². The predicted molar refractivity (Wildman–Crippen MR) is 115 cm³/mol. The lowest BCUT2D eigenvalue weighted by Crippen LogP contribution is -2.53. The maximum absolute atomic E-state index is 12.2. The molecular formula is C20H27N5O2S. The third-order valence-electron chi connectivity index (χ3n) is 4.63. The minimum atomic E-state index is -0.111. The summed E-state index contributed by atoms with van der Waals surface area (Å²) in [5, 5.41) is 9.69. The van der Waals surface area contributed by atoms with E-state index in [9.17, 15) is 4.79 Å². The van der Waals surface area contributed by atoms with E-state index in [1.807, 2.05) is 12.1 Å². The fraction of sp³-hybridized carbons (Fsp3) is 0.400. The van der Waals surface area contributed by atoms with Crippen molar-refractivity contribution in [3.8, 4) is 5.75 Å². The number of carbonyl (C=O) groups excluding carboxylic acids is 1. The molecule has 1 aromatic heterocycles. The second-order valence-electron chi connectivity index (χ2n) is 6.39. The monoisotopic (exact) mass is 401 g/mol. The van der Waals surface area contributed by atoms with E-state index in [1.165, 1.54) is 5.00 Å². The van der Waals surface area contributed by atoms with Crippen LogP contribution >= 0.6 is 11.3 Å². The molecule has 8 heteroatoms. The number of amides is 1. The van der Waals surface area contributed by atoms with E-state index >= 15 is 0 Å². The van der Waals surface area contributed by atoms with E-state index in [-0.39, 0.29) is 5.91 Å². The molecule has 150 valence electrons. The summed E-state index contributed by atoms with van der Waals surface area (Å²) in [5.74, 6) is 1.44. The zero-order valence-electron chi connectivity index (χ0n) is 16.4. The van der Waals surface area contributed by atoms with Crippen molar-refractivity contribution in [1.29, 1.82) is 0 Å². The van der Waals surface area contributed by atoms with Gasteiger partial charge < -0.3 is 25.2 Å². The van der Waals surface area contributed by atoms with Crippen LogP contribution in [-0.2, 0) is 0 Å². The van der Waals surface area contributed by atoms with Crippen LogP contribution in [0.1, 0.15) is 10.4 Å². The highest BCUT2D eigenvalue weighted by atomic mass is 32.1. The van der Waals surface area contributed by atoms with Crippen LogP contribution in [0.5, 0.6) is 5.75 Å². The number of carbonyl (C=O) groups is 1. The minimum absolute atomic E-state index is 0.111. The predicted octanol–water partition coefficient (Wildman–Crippen LogP) is 1.88. The molecule has 7 nitrogen and oxygen atoms in total. The summed E-state index contributed by atoms with van der Waals surface area (Å²) in [6.07, 6.45) is 0. The van der Waals surface area contributed by atoms with Gasteiger partial charge in [-0.05, 0) is 35.7 Å². The van der Waals surface area contributed by atoms with E-state index in [4.69, 9.17) is 4.74 Å². The standard InChI is InChI=1S/C20H27N5O2S/c1-21-20(25-12-10-24(11-13-25)18-7-4-14-28-18)23-9-8-22-19(26)16-5-3-6-17(15-16)27-2/h3-7,14-15H,8-13H2,1-2H3,(H,21,23)(H,22,26). The Kier molecular flexibility index (Phi) is 7.13. The van der Waals surface area contributed by atoms with Gasteiger partial charge in [-0.25, -0.2) is 0 Å². The van der Waals surface area contributed by atoms with E-state index in [0.29, 0.717) is 24.4 Å². The largest absolute Gasteiger partial charge is 0.497 e. The molecule has 28 heavy (non-hydrogen) atoms. The van der Waals surface area contributed by atoms with Crippen LogP contribution in [0.15, 0.2) is 46.8 Å². The van der Waals surface area contributed by atoms with E-state index in [1.54, 1.807) is 37.6 Å². The molecule has 0 aliphatic carbocycles. The molecule has 0 atom stereocenters.